The molecule has 2 aromatic heterocycles. The Morgan fingerprint density at radius 1 is 1.07 bits per heavy atom. The lowest BCUT2D eigenvalue weighted by molar-refractivity contribution is 0.969. The number of nitrogens with zero attached hydrogens (tertiary/aromatic N) is 1. The topological polar surface area (TPSA) is 4.93 Å². The van der Waals surface area contributed by atoms with Crippen molar-refractivity contribution >= 4 is 22.2 Å². The van der Waals surface area contributed by atoms with Gasteiger partial charge in [-0.1, -0.05) is 12.1 Å². The molecule has 1 aromatic carbocycles. The van der Waals surface area contributed by atoms with Crippen molar-refractivity contribution in [3.63, 3.8) is 0 Å². The van der Waals surface area contributed by atoms with Crippen LogP contribution in [0.3, 0.4) is 0 Å². The number of rotatable bonds is 1. The molecule has 2 heteroatoms. The Morgan fingerprint density at radius 2 is 2.00 bits per heavy atom. The molecule has 0 amide bonds. The molecule has 74 valence electrons. The Bertz CT molecular complexity index is 590. The molecule has 3 rings (SSSR count). The summed E-state index contributed by atoms with van der Waals surface area (Å²) in [5.74, 6) is 0. The van der Waals surface area contributed by atoms with E-state index in [1.54, 1.807) is 11.3 Å². The van der Waals surface area contributed by atoms with E-state index in [1.807, 2.05) is 0 Å². The smallest absolute Gasteiger partial charge is 0.0483 e. The lowest BCUT2D eigenvalue weighted by Gasteiger charge is -2.00. The van der Waals surface area contributed by atoms with Gasteiger partial charge in [-0.05, 0) is 45.5 Å². The third-order valence-electron chi connectivity index (χ3n) is 2.74. The Kier molecular flexibility index (Phi) is 1.89. The fourth-order valence-electron chi connectivity index (χ4n) is 1.87. The number of thiophene rings is 1. The summed E-state index contributed by atoms with van der Waals surface area (Å²) in [6, 6.07) is 10.9. The highest BCUT2D eigenvalue weighted by Crippen LogP contribution is 2.26. The molecular weight excluding hydrogens is 202 g/mol. The molecule has 0 fully saturated rings. The number of fused-ring (bicyclic) bond motifs is 1. The van der Waals surface area contributed by atoms with Gasteiger partial charge in [0.25, 0.3) is 0 Å². The second-order valence-corrected chi connectivity index (χ2v) is 4.49. The maximum atomic E-state index is 2.25. The molecule has 15 heavy (non-hydrogen) atoms. The molecule has 0 spiro atoms. The summed E-state index contributed by atoms with van der Waals surface area (Å²) < 4.78 is 2.16. The highest BCUT2D eigenvalue weighted by Gasteiger charge is 2.01. The van der Waals surface area contributed by atoms with Crippen molar-refractivity contribution in [2.75, 3.05) is 0 Å². The maximum absolute atomic E-state index is 2.25. The van der Waals surface area contributed by atoms with Crippen molar-refractivity contribution in [2.24, 2.45) is 7.05 Å². The molecule has 0 atom stereocenters. The van der Waals surface area contributed by atoms with Gasteiger partial charge < -0.3 is 4.57 Å². The van der Waals surface area contributed by atoms with E-state index in [-0.39, 0.29) is 0 Å². The normalized spacial score (nSPS) is 11.0. The van der Waals surface area contributed by atoms with Crippen LogP contribution in [0.2, 0.25) is 0 Å². The van der Waals surface area contributed by atoms with Gasteiger partial charge in [-0.2, -0.15) is 11.3 Å². The van der Waals surface area contributed by atoms with Crippen molar-refractivity contribution in [1.29, 1.82) is 0 Å². The molecule has 3 aromatic rings. The molecule has 0 N–H and O–H groups in total. The van der Waals surface area contributed by atoms with Crippen molar-refractivity contribution in [3.8, 4) is 11.1 Å². The van der Waals surface area contributed by atoms with E-state index < -0.39 is 0 Å². The quantitative estimate of drug-likeness (QED) is 0.577. The van der Waals surface area contributed by atoms with Crippen LogP contribution >= 0.6 is 11.3 Å². The summed E-state index contributed by atoms with van der Waals surface area (Å²) in [6.07, 6.45) is 2.10. The van der Waals surface area contributed by atoms with Crippen LogP contribution in [0.1, 0.15) is 0 Å². The molecule has 0 aliphatic rings. The molecule has 0 radical (unpaired) electrons. The first-order valence-electron chi connectivity index (χ1n) is 4.92. The van der Waals surface area contributed by atoms with Crippen molar-refractivity contribution in [2.45, 2.75) is 0 Å². The predicted octanol–water partition coefficient (Wildman–Crippen LogP) is 3.91. The van der Waals surface area contributed by atoms with Gasteiger partial charge in [0.1, 0.15) is 0 Å². The van der Waals surface area contributed by atoms with Crippen molar-refractivity contribution in [1.82, 2.24) is 4.57 Å². The second kappa shape index (κ2) is 3.24. The van der Waals surface area contributed by atoms with Gasteiger partial charge >= 0.3 is 0 Å². The van der Waals surface area contributed by atoms with Crippen LogP contribution in [0.15, 0.2) is 47.3 Å². The zero-order valence-corrected chi connectivity index (χ0v) is 9.29. The van der Waals surface area contributed by atoms with E-state index in [0.717, 1.165) is 0 Å². The summed E-state index contributed by atoms with van der Waals surface area (Å²) in [5.41, 5.74) is 3.90. The summed E-state index contributed by atoms with van der Waals surface area (Å²) in [5, 5.41) is 5.60. The fourth-order valence-corrected chi connectivity index (χ4v) is 2.54. The molecule has 0 saturated heterocycles. The average molecular weight is 213 g/mol. The molecule has 0 unspecified atom stereocenters. The van der Waals surface area contributed by atoms with E-state index in [4.69, 9.17) is 0 Å². The number of benzene rings is 1. The van der Waals surface area contributed by atoms with Gasteiger partial charge in [-0.15, -0.1) is 0 Å². The maximum Gasteiger partial charge on any atom is 0.0483 e. The summed E-state index contributed by atoms with van der Waals surface area (Å²) in [4.78, 5) is 0. The number of aromatic nitrogens is 1. The van der Waals surface area contributed by atoms with Crippen LogP contribution in [0.25, 0.3) is 22.0 Å². The highest BCUT2D eigenvalue weighted by atomic mass is 32.1. The van der Waals surface area contributed by atoms with Crippen molar-refractivity contribution in [3.05, 3.63) is 47.3 Å². The van der Waals surface area contributed by atoms with E-state index in [9.17, 15) is 0 Å². The van der Waals surface area contributed by atoms with Gasteiger partial charge in [0.05, 0.1) is 0 Å². The predicted molar refractivity (Wildman–Crippen MR) is 66.2 cm³/mol. The monoisotopic (exact) mass is 213 g/mol. The lowest BCUT2D eigenvalue weighted by Crippen LogP contribution is -1.83. The van der Waals surface area contributed by atoms with Crippen LogP contribution in [0.5, 0.6) is 0 Å². The first-order chi connectivity index (χ1) is 7.34. The van der Waals surface area contributed by atoms with Crippen molar-refractivity contribution < 1.29 is 0 Å². The first kappa shape index (κ1) is 8.74. The third kappa shape index (κ3) is 1.38. The lowest BCUT2D eigenvalue weighted by atomic mass is 10.1. The minimum absolute atomic E-state index is 1.29. The van der Waals surface area contributed by atoms with Gasteiger partial charge in [-0.25, -0.2) is 0 Å². The van der Waals surface area contributed by atoms with Crippen LogP contribution in [0, 0.1) is 0 Å². The molecule has 2 heterocycles. The zero-order valence-electron chi connectivity index (χ0n) is 8.47. The van der Waals surface area contributed by atoms with Crippen LogP contribution < -0.4 is 0 Å². The van der Waals surface area contributed by atoms with E-state index in [2.05, 4.69) is 58.9 Å². The van der Waals surface area contributed by atoms with E-state index in [0.29, 0.717) is 0 Å². The third-order valence-corrected chi connectivity index (χ3v) is 3.43. The van der Waals surface area contributed by atoms with Gasteiger partial charge in [0, 0.05) is 18.8 Å². The standard InChI is InChI=1S/C13H11NS/c1-14-6-4-10-2-3-11(8-13(10)14)12-5-7-15-9-12/h2-9H,1H3. The Balaban J connectivity index is 2.25. The number of aryl methyl sites for hydroxylation is 1. The molecule has 0 aliphatic heterocycles. The van der Waals surface area contributed by atoms with E-state index in [1.165, 1.54) is 22.0 Å². The molecule has 1 nitrogen and oxygen atoms in total. The van der Waals surface area contributed by atoms with E-state index >= 15 is 0 Å². The fraction of sp³-hybridized carbons (Fsp3) is 0.0769. The Hall–Kier alpha value is -1.54. The van der Waals surface area contributed by atoms with Gasteiger partial charge in [-0.3, -0.25) is 0 Å². The Labute approximate surface area is 92.6 Å². The van der Waals surface area contributed by atoms with Crippen LogP contribution in [-0.2, 0) is 7.05 Å². The molecule has 0 aliphatic carbocycles. The van der Waals surface area contributed by atoms with Gasteiger partial charge in [0.15, 0.2) is 0 Å². The summed E-state index contributed by atoms with van der Waals surface area (Å²) in [6.45, 7) is 0. The first-order valence-corrected chi connectivity index (χ1v) is 5.86. The SMILES string of the molecule is Cn1ccc2ccc(-c3ccsc3)cc21. The zero-order chi connectivity index (χ0) is 10.3. The Morgan fingerprint density at radius 3 is 2.80 bits per heavy atom. The summed E-state index contributed by atoms with van der Waals surface area (Å²) >= 11 is 1.74. The molecular formula is C13H11NS. The van der Waals surface area contributed by atoms with Crippen LogP contribution in [0.4, 0.5) is 0 Å². The van der Waals surface area contributed by atoms with Gasteiger partial charge in [0.2, 0.25) is 0 Å². The molecule has 0 saturated carbocycles. The molecule has 0 bridgehead atoms. The van der Waals surface area contributed by atoms with Crippen LogP contribution in [-0.4, -0.2) is 4.57 Å². The number of hydrogen-bond donors (Lipinski definition) is 0. The minimum atomic E-state index is 1.29. The number of hydrogen-bond acceptors (Lipinski definition) is 1. The average Bonchev–Trinajstić information content (AvgIpc) is 2.88. The summed E-state index contributed by atoms with van der Waals surface area (Å²) in [7, 11) is 2.08. The largest absolute Gasteiger partial charge is 0.351 e. The minimum Gasteiger partial charge on any atom is -0.351 e. The second-order valence-electron chi connectivity index (χ2n) is 3.71. The highest BCUT2D eigenvalue weighted by molar-refractivity contribution is 7.08.